The third kappa shape index (κ3) is 4.53. The maximum Gasteiger partial charge on any atom is 0.268 e. The van der Waals surface area contributed by atoms with E-state index in [4.69, 9.17) is 16.3 Å². The highest BCUT2D eigenvalue weighted by Gasteiger charge is 2.34. The number of carbonyl (C=O) groups excluding carboxylic acids is 3. The van der Waals surface area contributed by atoms with Crippen LogP contribution in [0, 0.1) is 0 Å². The van der Waals surface area contributed by atoms with Gasteiger partial charge in [0.2, 0.25) is 11.8 Å². The highest BCUT2D eigenvalue weighted by atomic mass is 35.5. The molecule has 4 rings (SSSR count). The lowest BCUT2D eigenvalue weighted by molar-refractivity contribution is -0.128. The number of halogens is 1. The number of thiazole rings is 1. The Hall–Kier alpha value is -3.17. The quantitative estimate of drug-likeness (QED) is 0.552. The van der Waals surface area contributed by atoms with Gasteiger partial charge < -0.3 is 15.4 Å². The van der Waals surface area contributed by atoms with Gasteiger partial charge in [-0.05, 0) is 42.8 Å². The van der Waals surface area contributed by atoms with E-state index in [0.29, 0.717) is 45.6 Å². The van der Waals surface area contributed by atoms with E-state index < -0.39 is 6.10 Å². The Kier molecular flexibility index (Phi) is 6.29. The molecule has 32 heavy (non-hydrogen) atoms. The van der Waals surface area contributed by atoms with Gasteiger partial charge in [-0.1, -0.05) is 36.8 Å². The number of nitrogens with zero attached hydrogens (tertiary/aromatic N) is 2. The Balaban J connectivity index is 1.52. The lowest BCUT2D eigenvalue weighted by atomic mass is 10.1. The molecule has 8 nitrogen and oxygen atoms in total. The number of amides is 3. The molecule has 3 aromatic rings. The monoisotopic (exact) mass is 472 g/mol. The molecule has 0 unspecified atom stereocenters. The molecular formula is C22H21ClN4O4S. The number of aromatic nitrogens is 1. The number of anilines is 3. The zero-order chi connectivity index (χ0) is 22.8. The first kappa shape index (κ1) is 22.0. The van der Waals surface area contributed by atoms with Crippen LogP contribution in [0.5, 0.6) is 5.75 Å². The lowest BCUT2D eigenvalue weighted by Crippen LogP contribution is -2.48. The molecule has 10 heteroatoms. The SMILES string of the molecule is CCC(=O)Nc1nc2cc(NC(=O)CN3C(=O)[C@H](CC)Oc4ccc(Cl)cc43)ccc2s1. The fourth-order valence-corrected chi connectivity index (χ4v) is 4.36. The minimum atomic E-state index is -0.653. The summed E-state index contributed by atoms with van der Waals surface area (Å²) < 4.78 is 6.63. The molecule has 0 saturated carbocycles. The van der Waals surface area contributed by atoms with Crippen LogP contribution < -0.4 is 20.3 Å². The zero-order valence-electron chi connectivity index (χ0n) is 17.5. The number of carbonyl (C=O) groups is 3. The van der Waals surface area contributed by atoms with Gasteiger partial charge in [0.1, 0.15) is 12.3 Å². The van der Waals surface area contributed by atoms with Crippen molar-refractivity contribution >= 4 is 67.4 Å². The molecule has 0 spiro atoms. The second-order valence-electron chi connectivity index (χ2n) is 7.20. The Morgan fingerprint density at radius 1 is 1.16 bits per heavy atom. The predicted molar refractivity (Wildman–Crippen MR) is 126 cm³/mol. The summed E-state index contributed by atoms with van der Waals surface area (Å²) in [5.74, 6) is -0.253. The van der Waals surface area contributed by atoms with Crippen LogP contribution >= 0.6 is 22.9 Å². The third-order valence-corrected chi connectivity index (χ3v) is 6.12. The largest absolute Gasteiger partial charge is 0.478 e. The second kappa shape index (κ2) is 9.13. The van der Waals surface area contributed by atoms with E-state index >= 15 is 0 Å². The topological polar surface area (TPSA) is 101 Å². The van der Waals surface area contributed by atoms with Crippen molar-refractivity contribution in [2.45, 2.75) is 32.8 Å². The van der Waals surface area contributed by atoms with Crippen LogP contribution in [0.1, 0.15) is 26.7 Å². The van der Waals surface area contributed by atoms with Gasteiger partial charge in [-0.25, -0.2) is 4.98 Å². The summed E-state index contributed by atoms with van der Waals surface area (Å²) >= 11 is 7.46. The van der Waals surface area contributed by atoms with Crippen molar-refractivity contribution in [1.82, 2.24) is 4.98 Å². The van der Waals surface area contributed by atoms with Gasteiger partial charge >= 0.3 is 0 Å². The molecule has 1 aliphatic heterocycles. The smallest absolute Gasteiger partial charge is 0.268 e. The van der Waals surface area contributed by atoms with Crippen molar-refractivity contribution in [2.24, 2.45) is 0 Å². The minimum absolute atomic E-state index is 0.112. The fourth-order valence-electron chi connectivity index (χ4n) is 3.33. The van der Waals surface area contributed by atoms with Crippen molar-refractivity contribution in [3.8, 4) is 5.75 Å². The Morgan fingerprint density at radius 2 is 1.97 bits per heavy atom. The average molecular weight is 473 g/mol. The number of benzene rings is 2. The van der Waals surface area contributed by atoms with Crippen LogP contribution in [-0.4, -0.2) is 35.4 Å². The van der Waals surface area contributed by atoms with Crippen LogP contribution in [0.15, 0.2) is 36.4 Å². The zero-order valence-corrected chi connectivity index (χ0v) is 19.0. The first-order valence-corrected chi connectivity index (χ1v) is 11.3. The van der Waals surface area contributed by atoms with Crippen LogP contribution in [0.2, 0.25) is 5.02 Å². The number of ether oxygens (including phenoxy) is 1. The van der Waals surface area contributed by atoms with E-state index in [9.17, 15) is 14.4 Å². The fraction of sp³-hybridized carbons (Fsp3) is 0.273. The first-order chi connectivity index (χ1) is 15.4. The summed E-state index contributed by atoms with van der Waals surface area (Å²) in [6.45, 7) is 3.44. The number of hydrogen-bond donors (Lipinski definition) is 2. The Bertz CT molecular complexity index is 1210. The Labute approximate surface area is 193 Å². The van der Waals surface area contributed by atoms with Gasteiger partial charge in [0.05, 0.1) is 15.9 Å². The van der Waals surface area contributed by atoms with E-state index in [1.807, 2.05) is 13.0 Å². The van der Waals surface area contributed by atoms with Gasteiger partial charge in [-0.3, -0.25) is 19.3 Å². The van der Waals surface area contributed by atoms with Crippen molar-refractivity contribution in [2.75, 3.05) is 22.1 Å². The normalized spacial score (nSPS) is 15.3. The molecule has 3 amide bonds. The number of hydrogen-bond acceptors (Lipinski definition) is 6. The van der Waals surface area contributed by atoms with E-state index in [1.54, 1.807) is 37.3 Å². The summed E-state index contributed by atoms with van der Waals surface area (Å²) in [6, 6.07) is 10.3. The van der Waals surface area contributed by atoms with E-state index in [2.05, 4.69) is 15.6 Å². The van der Waals surface area contributed by atoms with Gasteiger partial charge in [0.25, 0.3) is 5.91 Å². The van der Waals surface area contributed by atoms with Crippen molar-refractivity contribution in [1.29, 1.82) is 0 Å². The van der Waals surface area contributed by atoms with E-state index in [1.165, 1.54) is 16.2 Å². The second-order valence-corrected chi connectivity index (χ2v) is 8.67. The predicted octanol–water partition coefficient (Wildman–Crippen LogP) is 4.44. The maximum absolute atomic E-state index is 12.8. The van der Waals surface area contributed by atoms with Crippen LogP contribution in [0.4, 0.5) is 16.5 Å². The maximum atomic E-state index is 12.8. The van der Waals surface area contributed by atoms with Gasteiger partial charge in [-0.15, -0.1) is 0 Å². The summed E-state index contributed by atoms with van der Waals surface area (Å²) in [5.41, 5.74) is 1.67. The van der Waals surface area contributed by atoms with Gasteiger partial charge in [0, 0.05) is 17.1 Å². The lowest BCUT2D eigenvalue weighted by Gasteiger charge is -2.33. The van der Waals surface area contributed by atoms with Crippen molar-refractivity contribution in [3.63, 3.8) is 0 Å². The number of fused-ring (bicyclic) bond motifs is 2. The molecular weight excluding hydrogens is 452 g/mol. The van der Waals surface area contributed by atoms with Crippen LogP contribution in [0.3, 0.4) is 0 Å². The molecule has 0 bridgehead atoms. The molecule has 2 N–H and O–H groups in total. The molecule has 2 heterocycles. The average Bonchev–Trinajstić information content (AvgIpc) is 3.17. The van der Waals surface area contributed by atoms with Crippen molar-refractivity contribution < 1.29 is 19.1 Å². The summed E-state index contributed by atoms with van der Waals surface area (Å²) in [4.78, 5) is 43.0. The molecule has 1 atom stereocenters. The van der Waals surface area contributed by atoms with Crippen LogP contribution in [0.25, 0.3) is 10.2 Å². The molecule has 0 aliphatic carbocycles. The Morgan fingerprint density at radius 3 is 2.72 bits per heavy atom. The van der Waals surface area contributed by atoms with Gasteiger partial charge in [-0.2, -0.15) is 0 Å². The molecule has 1 aromatic heterocycles. The molecule has 0 radical (unpaired) electrons. The third-order valence-electron chi connectivity index (χ3n) is 4.93. The molecule has 0 saturated heterocycles. The first-order valence-electron chi connectivity index (χ1n) is 10.2. The highest BCUT2D eigenvalue weighted by molar-refractivity contribution is 7.22. The van der Waals surface area contributed by atoms with Gasteiger partial charge in [0.15, 0.2) is 11.2 Å². The standard InChI is InChI=1S/C22H21ClN4O4S/c1-3-16-21(30)27(15-9-12(23)5-7-17(15)31-16)11-20(29)24-13-6-8-18-14(10-13)25-22(32-18)26-19(28)4-2/h5-10,16H,3-4,11H2,1-2H3,(H,24,29)(H,25,26,28)/t16-/m0/s1. The number of nitrogens with one attached hydrogen (secondary N) is 2. The summed E-state index contributed by atoms with van der Waals surface area (Å²) in [6.07, 6.45) is 0.195. The highest BCUT2D eigenvalue weighted by Crippen LogP contribution is 2.37. The molecule has 1 aliphatic rings. The van der Waals surface area contributed by atoms with E-state index in [0.717, 1.165) is 4.70 Å². The summed E-state index contributed by atoms with van der Waals surface area (Å²) in [5, 5.41) is 6.50. The van der Waals surface area contributed by atoms with Crippen LogP contribution in [-0.2, 0) is 14.4 Å². The summed E-state index contributed by atoms with van der Waals surface area (Å²) in [7, 11) is 0. The minimum Gasteiger partial charge on any atom is -0.478 e. The molecule has 2 aromatic carbocycles. The molecule has 166 valence electrons. The van der Waals surface area contributed by atoms with E-state index in [-0.39, 0.29) is 24.3 Å². The number of rotatable bonds is 6. The molecule has 0 fully saturated rings. The van der Waals surface area contributed by atoms with Crippen molar-refractivity contribution in [3.05, 3.63) is 41.4 Å².